The number of hydrogen-bond donors (Lipinski definition) is 6. The van der Waals surface area contributed by atoms with E-state index in [2.05, 4.69) is 20.9 Å². The van der Waals surface area contributed by atoms with E-state index in [0.29, 0.717) is 23.7 Å². The Morgan fingerprint density at radius 1 is 0.918 bits per heavy atom. The van der Waals surface area contributed by atoms with Gasteiger partial charge in [-0.1, -0.05) is 48.5 Å². The highest BCUT2D eigenvalue weighted by atomic mass is 16.6. The standard InChI is InChI=1S/C37H45N5O7/c1-37(19-26-20-39-28-10-6-5-9-27(26)28,42-36(48)49-32-24-14-22-13-23(16-24)17-25(32)15-22)35(47)41-30(18-21-7-3-2-4-8-21)33(44)40-29(34(45)46)11-12-31(38)43/h2-10,20,22-25,29-30,32,39H,11-19H2,1H3,(H2,38,43)(H,40,44)(H,41,47)(H,42,48)(H,45,46)/t22?,23?,24?,25?,29-,30-,32?,37+/m0/s1. The summed E-state index contributed by atoms with van der Waals surface area (Å²) in [7, 11) is 0. The highest BCUT2D eigenvalue weighted by Gasteiger charge is 2.50. The van der Waals surface area contributed by atoms with Gasteiger partial charge in [-0.2, -0.15) is 0 Å². The average Bonchev–Trinajstić information content (AvgIpc) is 3.46. The van der Waals surface area contributed by atoms with Crippen molar-refractivity contribution < 1.29 is 33.8 Å². The van der Waals surface area contributed by atoms with E-state index in [1.54, 1.807) is 37.4 Å². The number of amides is 4. The van der Waals surface area contributed by atoms with Crippen LogP contribution in [0.1, 0.15) is 63.0 Å². The van der Waals surface area contributed by atoms with Crippen molar-refractivity contribution in [3.05, 3.63) is 71.9 Å². The second kappa shape index (κ2) is 14.3. The lowest BCUT2D eigenvalue weighted by molar-refractivity contribution is -0.142. The molecule has 0 radical (unpaired) electrons. The number of rotatable bonds is 14. The molecule has 4 amide bonds. The van der Waals surface area contributed by atoms with Crippen LogP contribution in [0.4, 0.5) is 4.79 Å². The summed E-state index contributed by atoms with van der Waals surface area (Å²) >= 11 is 0. The van der Waals surface area contributed by atoms with Crippen molar-refractivity contribution in [2.24, 2.45) is 29.4 Å². The lowest BCUT2D eigenvalue weighted by Crippen LogP contribution is -2.63. The van der Waals surface area contributed by atoms with Gasteiger partial charge in [-0.25, -0.2) is 9.59 Å². The number of para-hydroxylation sites is 1. The molecule has 4 bridgehead atoms. The van der Waals surface area contributed by atoms with E-state index in [4.69, 9.17) is 10.5 Å². The van der Waals surface area contributed by atoms with Gasteiger partial charge in [0, 0.05) is 36.4 Å². The molecule has 12 heteroatoms. The lowest BCUT2D eigenvalue weighted by Gasteiger charge is -2.53. The molecular formula is C37H45N5O7. The summed E-state index contributed by atoms with van der Waals surface area (Å²) in [5.41, 5.74) is 6.03. The van der Waals surface area contributed by atoms with Crippen LogP contribution in [0.5, 0.6) is 0 Å². The topological polar surface area (TPSA) is 193 Å². The van der Waals surface area contributed by atoms with Crippen LogP contribution in [0.25, 0.3) is 10.9 Å². The SMILES string of the molecule is C[C@](Cc1c[nH]c2ccccc12)(NC(=O)OC1C2CC3CC(C2)CC1C3)C(=O)N[C@@H](Cc1ccccc1)C(=O)N[C@@H](CCC(N)=O)C(=O)O. The number of benzene rings is 2. The molecule has 2 aromatic carbocycles. The van der Waals surface area contributed by atoms with Crippen LogP contribution in [0.15, 0.2) is 60.8 Å². The summed E-state index contributed by atoms with van der Waals surface area (Å²) in [6.07, 6.45) is 6.10. The third-order valence-corrected chi connectivity index (χ3v) is 10.7. The summed E-state index contributed by atoms with van der Waals surface area (Å²) < 4.78 is 6.13. The number of hydrogen-bond acceptors (Lipinski definition) is 6. The quantitative estimate of drug-likeness (QED) is 0.151. The minimum atomic E-state index is -1.57. The molecule has 0 aliphatic heterocycles. The van der Waals surface area contributed by atoms with E-state index >= 15 is 0 Å². The maximum absolute atomic E-state index is 14.4. The van der Waals surface area contributed by atoms with Crippen LogP contribution in [-0.4, -0.2) is 63.6 Å². The zero-order valence-electron chi connectivity index (χ0n) is 27.7. The van der Waals surface area contributed by atoms with Gasteiger partial charge in [0.25, 0.3) is 0 Å². The fourth-order valence-electron chi connectivity index (χ4n) is 8.48. The van der Waals surface area contributed by atoms with Crippen LogP contribution in [0.3, 0.4) is 0 Å². The smallest absolute Gasteiger partial charge is 0.408 e. The van der Waals surface area contributed by atoms with E-state index < -0.39 is 47.4 Å². The number of fused-ring (bicyclic) bond motifs is 1. The van der Waals surface area contributed by atoms with E-state index in [1.165, 1.54) is 6.42 Å². The Morgan fingerprint density at radius 2 is 1.57 bits per heavy atom. The van der Waals surface area contributed by atoms with E-state index in [-0.39, 0.29) is 31.8 Å². The number of aliphatic carboxylic acids is 1. The Kier molecular flexibility index (Phi) is 9.94. The number of carbonyl (C=O) groups excluding carboxylic acids is 4. The molecule has 7 N–H and O–H groups in total. The number of carboxylic acids is 1. The molecule has 4 aliphatic rings. The number of nitrogens with one attached hydrogen (secondary N) is 4. The number of H-pyrrole nitrogens is 1. The number of aromatic nitrogens is 1. The fraction of sp³-hybridized carbons (Fsp3) is 0.486. The zero-order valence-corrected chi connectivity index (χ0v) is 27.7. The van der Waals surface area contributed by atoms with Crippen molar-refractivity contribution in [2.45, 2.75) is 88.4 Å². The van der Waals surface area contributed by atoms with Crippen molar-refractivity contribution in [3.63, 3.8) is 0 Å². The van der Waals surface area contributed by atoms with Crippen LogP contribution in [-0.2, 0) is 36.8 Å². The van der Waals surface area contributed by atoms with Crippen molar-refractivity contribution >= 4 is 40.7 Å². The van der Waals surface area contributed by atoms with E-state index in [9.17, 15) is 29.1 Å². The first-order valence-electron chi connectivity index (χ1n) is 17.2. The Labute approximate surface area is 284 Å². The lowest BCUT2D eigenvalue weighted by atomic mass is 9.55. The minimum absolute atomic E-state index is 0.0436. The fourth-order valence-corrected chi connectivity index (χ4v) is 8.48. The van der Waals surface area contributed by atoms with Crippen LogP contribution in [0.2, 0.25) is 0 Å². The molecule has 1 heterocycles. The second-order valence-electron chi connectivity index (χ2n) is 14.4. The van der Waals surface area contributed by atoms with Crippen molar-refractivity contribution in [3.8, 4) is 0 Å². The third kappa shape index (κ3) is 7.90. The molecule has 49 heavy (non-hydrogen) atoms. The number of primary amides is 1. The molecule has 1 aromatic heterocycles. The normalized spacial score (nSPS) is 24.7. The van der Waals surface area contributed by atoms with Crippen LogP contribution >= 0.6 is 0 Å². The van der Waals surface area contributed by atoms with Gasteiger partial charge in [-0.15, -0.1) is 0 Å². The molecule has 7 rings (SSSR count). The number of aromatic amines is 1. The minimum Gasteiger partial charge on any atom is -0.480 e. The molecule has 0 saturated heterocycles. The summed E-state index contributed by atoms with van der Waals surface area (Å²) in [6, 6.07) is 14.0. The van der Waals surface area contributed by atoms with Gasteiger partial charge < -0.3 is 36.5 Å². The predicted octanol–water partition coefficient (Wildman–Crippen LogP) is 3.58. The largest absolute Gasteiger partial charge is 0.480 e. The molecule has 4 saturated carbocycles. The molecule has 0 spiro atoms. The van der Waals surface area contributed by atoms with Gasteiger partial charge in [0.2, 0.25) is 17.7 Å². The molecule has 3 atom stereocenters. The third-order valence-electron chi connectivity index (χ3n) is 10.7. The van der Waals surface area contributed by atoms with Gasteiger partial charge >= 0.3 is 12.1 Å². The molecule has 12 nitrogen and oxygen atoms in total. The van der Waals surface area contributed by atoms with E-state index in [0.717, 1.165) is 47.7 Å². The van der Waals surface area contributed by atoms with Crippen molar-refractivity contribution in [1.29, 1.82) is 0 Å². The van der Waals surface area contributed by atoms with Crippen molar-refractivity contribution in [1.82, 2.24) is 20.9 Å². The number of alkyl carbamates (subject to hydrolysis) is 1. The van der Waals surface area contributed by atoms with Crippen LogP contribution < -0.4 is 21.7 Å². The Bertz CT molecular complexity index is 1680. The highest BCUT2D eigenvalue weighted by molar-refractivity contribution is 5.96. The molecule has 0 unspecified atom stereocenters. The second-order valence-corrected chi connectivity index (χ2v) is 14.4. The zero-order chi connectivity index (χ0) is 34.7. The summed E-state index contributed by atoms with van der Waals surface area (Å²) in [5, 5.41) is 18.8. The van der Waals surface area contributed by atoms with Gasteiger partial charge in [0.15, 0.2) is 0 Å². The Balaban J connectivity index is 1.25. The Hall–Kier alpha value is -4.87. The highest BCUT2D eigenvalue weighted by Crippen LogP contribution is 2.54. The summed E-state index contributed by atoms with van der Waals surface area (Å²) in [6.45, 7) is 1.60. The van der Waals surface area contributed by atoms with Gasteiger partial charge in [0.1, 0.15) is 23.7 Å². The molecule has 260 valence electrons. The van der Waals surface area contributed by atoms with Gasteiger partial charge in [-0.05, 0) is 86.3 Å². The summed E-state index contributed by atoms with van der Waals surface area (Å²) in [5.74, 6) is -1.37. The average molecular weight is 672 g/mol. The first kappa shape index (κ1) is 34.0. The van der Waals surface area contributed by atoms with Gasteiger partial charge in [-0.3, -0.25) is 14.4 Å². The van der Waals surface area contributed by atoms with Gasteiger partial charge in [0.05, 0.1) is 0 Å². The summed E-state index contributed by atoms with van der Waals surface area (Å²) in [4.78, 5) is 68.3. The number of ether oxygens (including phenoxy) is 1. The number of carboxylic acid groups (broad SMARTS) is 1. The molecule has 4 aliphatic carbocycles. The Morgan fingerprint density at radius 3 is 2.22 bits per heavy atom. The maximum Gasteiger partial charge on any atom is 0.408 e. The maximum atomic E-state index is 14.4. The van der Waals surface area contributed by atoms with E-state index in [1.807, 2.05) is 30.3 Å². The predicted molar refractivity (Wildman–Crippen MR) is 181 cm³/mol. The number of nitrogens with two attached hydrogens (primary N) is 1. The van der Waals surface area contributed by atoms with Crippen LogP contribution in [0, 0.1) is 23.7 Å². The first-order chi connectivity index (χ1) is 23.5. The first-order valence-corrected chi connectivity index (χ1v) is 17.2. The van der Waals surface area contributed by atoms with Crippen molar-refractivity contribution in [2.75, 3.05) is 0 Å². The molecular weight excluding hydrogens is 626 g/mol. The molecule has 3 aromatic rings. The number of carbonyl (C=O) groups is 5. The molecule has 4 fully saturated rings. The monoisotopic (exact) mass is 671 g/mol.